The second-order valence-corrected chi connectivity index (χ2v) is 6.94. The van der Waals surface area contributed by atoms with E-state index in [0.717, 1.165) is 24.8 Å². The minimum Gasteiger partial charge on any atom is -0.512 e. The van der Waals surface area contributed by atoms with Gasteiger partial charge in [-0.15, -0.1) is 0 Å². The van der Waals surface area contributed by atoms with Crippen LogP contribution in [0.25, 0.3) is 0 Å². The first-order chi connectivity index (χ1) is 12.6. The lowest BCUT2D eigenvalue weighted by Gasteiger charge is -2.37. The van der Waals surface area contributed by atoms with Crippen molar-refractivity contribution in [3.05, 3.63) is 83.1 Å². The third-order valence-electron chi connectivity index (χ3n) is 5.02. The monoisotopic (exact) mass is 350 g/mol. The van der Waals surface area contributed by atoms with Crippen molar-refractivity contribution >= 4 is 5.97 Å². The molecule has 1 atom stereocenters. The molecule has 1 heterocycles. The van der Waals surface area contributed by atoms with Crippen LogP contribution in [0.4, 0.5) is 0 Å². The van der Waals surface area contributed by atoms with Gasteiger partial charge in [-0.1, -0.05) is 74.0 Å². The molecule has 0 saturated heterocycles. The van der Waals surface area contributed by atoms with Crippen LogP contribution in [0.5, 0.6) is 0 Å². The fourth-order valence-corrected chi connectivity index (χ4v) is 3.72. The predicted octanol–water partition coefficient (Wildman–Crippen LogP) is 5.46. The van der Waals surface area contributed by atoms with Gasteiger partial charge in [0.25, 0.3) is 0 Å². The van der Waals surface area contributed by atoms with Gasteiger partial charge in [-0.25, -0.2) is 4.79 Å². The summed E-state index contributed by atoms with van der Waals surface area (Å²) in [4.78, 5) is 12.7. The number of aryl methyl sites for hydroxylation is 1. The highest BCUT2D eigenvalue weighted by Gasteiger charge is 2.42. The summed E-state index contributed by atoms with van der Waals surface area (Å²) in [7, 11) is 0. The molecule has 2 aromatic carbocycles. The predicted molar refractivity (Wildman–Crippen MR) is 103 cm³/mol. The van der Waals surface area contributed by atoms with E-state index < -0.39 is 5.60 Å². The Morgan fingerprint density at radius 2 is 1.65 bits per heavy atom. The van der Waals surface area contributed by atoms with E-state index in [9.17, 15) is 9.90 Å². The van der Waals surface area contributed by atoms with E-state index in [2.05, 4.69) is 19.1 Å². The van der Waals surface area contributed by atoms with Gasteiger partial charge >= 0.3 is 5.97 Å². The van der Waals surface area contributed by atoms with Gasteiger partial charge in [0.1, 0.15) is 11.4 Å². The summed E-state index contributed by atoms with van der Waals surface area (Å²) in [6.45, 7) is 2.06. The molecule has 0 amide bonds. The maximum Gasteiger partial charge on any atom is 0.338 e. The number of ether oxygens (including phenoxy) is 1. The van der Waals surface area contributed by atoms with Crippen molar-refractivity contribution in [3.63, 3.8) is 0 Å². The molecule has 3 nitrogen and oxygen atoms in total. The Balaban J connectivity index is 1.74. The van der Waals surface area contributed by atoms with Gasteiger partial charge in [0.05, 0.1) is 5.57 Å². The molecule has 1 N–H and O–H groups in total. The van der Waals surface area contributed by atoms with E-state index in [4.69, 9.17) is 4.74 Å². The third-order valence-corrected chi connectivity index (χ3v) is 5.02. The summed E-state index contributed by atoms with van der Waals surface area (Å²) in [5.74, 6) is -0.189. The minimum atomic E-state index is -0.750. The normalized spacial score (nSPS) is 20.1. The molecule has 0 radical (unpaired) electrons. The van der Waals surface area contributed by atoms with Gasteiger partial charge in [0.2, 0.25) is 0 Å². The van der Waals surface area contributed by atoms with Crippen molar-refractivity contribution < 1.29 is 14.6 Å². The van der Waals surface area contributed by atoms with E-state index in [1.165, 1.54) is 5.56 Å². The van der Waals surface area contributed by atoms with Crippen LogP contribution in [-0.2, 0) is 21.6 Å². The topological polar surface area (TPSA) is 46.5 Å². The molecule has 2 aromatic rings. The summed E-state index contributed by atoms with van der Waals surface area (Å²) in [5, 5.41) is 10.6. The first kappa shape index (κ1) is 18.2. The molecule has 0 aliphatic carbocycles. The zero-order valence-electron chi connectivity index (χ0n) is 15.3. The quantitative estimate of drug-likeness (QED) is 0.674. The largest absolute Gasteiger partial charge is 0.512 e. The second kappa shape index (κ2) is 8.22. The average Bonchev–Trinajstić information content (AvgIpc) is 2.66. The first-order valence-corrected chi connectivity index (χ1v) is 9.38. The highest BCUT2D eigenvalue weighted by atomic mass is 16.6. The minimum absolute atomic E-state index is 0.187. The van der Waals surface area contributed by atoms with Crippen LogP contribution in [0.1, 0.15) is 50.2 Å². The molecular formula is C23H26O3. The zero-order valence-corrected chi connectivity index (χ0v) is 15.3. The van der Waals surface area contributed by atoms with Crippen molar-refractivity contribution in [2.24, 2.45) is 0 Å². The number of carbonyl (C=O) groups is 1. The number of hydrogen-bond acceptors (Lipinski definition) is 3. The zero-order chi connectivity index (χ0) is 18.4. The third kappa shape index (κ3) is 3.98. The molecule has 0 spiro atoms. The smallest absolute Gasteiger partial charge is 0.338 e. The number of rotatable bonds is 7. The lowest BCUT2D eigenvalue weighted by molar-refractivity contribution is -0.161. The second-order valence-electron chi connectivity index (χ2n) is 6.94. The SMILES string of the molecule is CCCC1(c2ccccc2)CC(O)=C(CCCc2ccccc2)C(=O)O1. The molecule has 1 aliphatic rings. The number of benzene rings is 2. The van der Waals surface area contributed by atoms with Crippen molar-refractivity contribution in [2.75, 3.05) is 0 Å². The molecule has 0 aromatic heterocycles. The van der Waals surface area contributed by atoms with E-state index >= 15 is 0 Å². The molecule has 3 heteroatoms. The van der Waals surface area contributed by atoms with Crippen LogP contribution in [0.15, 0.2) is 72.0 Å². The maximum absolute atomic E-state index is 12.7. The Bertz CT molecular complexity index is 765. The lowest BCUT2D eigenvalue weighted by atomic mass is 9.82. The number of cyclic esters (lactones) is 1. The number of hydrogen-bond donors (Lipinski definition) is 1. The Morgan fingerprint density at radius 1 is 1.00 bits per heavy atom. The van der Waals surface area contributed by atoms with Crippen LogP contribution in [-0.4, -0.2) is 11.1 Å². The number of carbonyl (C=O) groups excluding carboxylic acids is 1. The van der Waals surface area contributed by atoms with Crippen LogP contribution in [0.3, 0.4) is 0 Å². The average molecular weight is 350 g/mol. The van der Waals surface area contributed by atoms with Crippen molar-refractivity contribution in [3.8, 4) is 0 Å². The highest BCUT2D eigenvalue weighted by molar-refractivity contribution is 5.90. The van der Waals surface area contributed by atoms with E-state index in [1.807, 2.05) is 48.5 Å². The summed E-state index contributed by atoms with van der Waals surface area (Å²) in [6.07, 6.45) is 4.16. The molecule has 0 bridgehead atoms. The Kier molecular flexibility index (Phi) is 5.77. The molecule has 0 saturated carbocycles. The van der Waals surface area contributed by atoms with Gasteiger partial charge in [-0.3, -0.25) is 0 Å². The van der Waals surface area contributed by atoms with E-state index in [-0.39, 0.29) is 11.7 Å². The van der Waals surface area contributed by atoms with Crippen molar-refractivity contribution in [1.29, 1.82) is 0 Å². The highest BCUT2D eigenvalue weighted by Crippen LogP contribution is 2.42. The van der Waals surface area contributed by atoms with Crippen LogP contribution in [0.2, 0.25) is 0 Å². The molecule has 26 heavy (non-hydrogen) atoms. The van der Waals surface area contributed by atoms with E-state index in [0.29, 0.717) is 24.8 Å². The molecule has 1 aliphatic heterocycles. The number of esters is 1. The first-order valence-electron chi connectivity index (χ1n) is 9.38. The number of aliphatic hydroxyl groups is 1. The Labute approximate surface area is 155 Å². The van der Waals surface area contributed by atoms with Crippen LogP contribution >= 0.6 is 0 Å². The standard InChI is InChI=1S/C23H26O3/c1-2-16-23(19-13-7-4-8-14-19)17-21(24)20(22(25)26-23)15-9-12-18-10-5-3-6-11-18/h3-8,10-11,13-14,24H,2,9,12,15-17H2,1H3. The summed E-state index contributed by atoms with van der Waals surface area (Å²) >= 11 is 0. The van der Waals surface area contributed by atoms with Crippen molar-refractivity contribution in [2.45, 2.75) is 51.0 Å². The molecule has 1 unspecified atom stereocenters. The van der Waals surface area contributed by atoms with Gasteiger partial charge in [0, 0.05) is 6.42 Å². The van der Waals surface area contributed by atoms with Gasteiger partial charge in [-0.05, 0) is 36.8 Å². The summed E-state index contributed by atoms with van der Waals surface area (Å²) in [6, 6.07) is 19.9. The van der Waals surface area contributed by atoms with Gasteiger partial charge < -0.3 is 9.84 Å². The summed E-state index contributed by atoms with van der Waals surface area (Å²) in [5.41, 5.74) is 1.87. The van der Waals surface area contributed by atoms with E-state index in [1.54, 1.807) is 0 Å². The Hall–Kier alpha value is -2.55. The van der Waals surface area contributed by atoms with Crippen LogP contribution < -0.4 is 0 Å². The van der Waals surface area contributed by atoms with Crippen LogP contribution in [0, 0.1) is 0 Å². The lowest BCUT2D eigenvalue weighted by Crippen LogP contribution is -2.38. The summed E-state index contributed by atoms with van der Waals surface area (Å²) < 4.78 is 5.93. The molecule has 136 valence electrons. The van der Waals surface area contributed by atoms with Crippen molar-refractivity contribution in [1.82, 2.24) is 0 Å². The number of aliphatic hydroxyl groups excluding tert-OH is 1. The fraction of sp³-hybridized carbons (Fsp3) is 0.348. The molecular weight excluding hydrogens is 324 g/mol. The van der Waals surface area contributed by atoms with Gasteiger partial charge in [-0.2, -0.15) is 0 Å². The molecule has 0 fully saturated rings. The maximum atomic E-state index is 12.7. The van der Waals surface area contributed by atoms with Gasteiger partial charge in [0.15, 0.2) is 0 Å². The Morgan fingerprint density at radius 3 is 2.27 bits per heavy atom. The molecule has 3 rings (SSSR count). The fourth-order valence-electron chi connectivity index (χ4n) is 3.72.